The van der Waals surface area contributed by atoms with E-state index in [9.17, 15) is 9.59 Å². The minimum absolute atomic E-state index is 0.192. The van der Waals surface area contributed by atoms with Gasteiger partial charge in [0.15, 0.2) is 0 Å². The number of carbonyl (C=O) groups excluding carboxylic acids is 1. The zero-order valence-corrected chi connectivity index (χ0v) is 11.2. The van der Waals surface area contributed by atoms with Gasteiger partial charge in [0.05, 0.1) is 23.9 Å². The van der Waals surface area contributed by atoms with Gasteiger partial charge in [-0.2, -0.15) is 0 Å². The number of nitrogens with one attached hydrogen (secondary N) is 1. The summed E-state index contributed by atoms with van der Waals surface area (Å²) in [5.74, 6) is -1.49. The fourth-order valence-electron chi connectivity index (χ4n) is 2.25. The lowest BCUT2D eigenvalue weighted by Crippen LogP contribution is -2.06. The van der Waals surface area contributed by atoms with Crippen molar-refractivity contribution in [3.63, 3.8) is 0 Å². The van der Waals surface area contributed by atoms with Crippen LogP contribution in [0.1, 0.15) is 27.8 Å². The summed E-state index contributed by atoms with van der Waals surface area (Å²) < 4.78 is 4.92. The predicted molar refractivity (Wildman–Crippen MR) is 76.5 cm³/mol. The molecule has 3 rings (SSSR count). The van der Waals surface area contributed by atoms with Crippen molar-refractivity contribution in [2.24, 2.45) is 0 Å². The first kappa shape index (κ1) is 13.1. The number of aromatic nitrogens is 2. The van der Waals surface area contributed by atoms with Crippen LogP contribution in [0, 0.1) is 0 Å². The Kier molecular flexibility index (Phi) is 3.06. The maximum absolute atomic E-state index is 11.7. The molecule has 2 N–H and O–H groups in total. The average Bonchev–Trinajstić information content (AvgIpc) is 2.84. The number of hydrogen-bond acceptors (Lipinski definition) is 4. The lowest BCUT2D eigenvalue weighted by atomic mass is 10.1. The minimum atomic E-state index is -0.995. The molecule has 0 bridgehead atoms. The van der Waals surface area contributed by atoms with Gasteiger partial charge in [0.25, 0.3) is 0 Å². The Labute approximate surface area is 119 Å². The van der Waals surface area contributed by atoms with Crippen molar-refractivity contribution in [1.82, 2.24) is 9.97 Å². The Morgan fingerprint density at radius 2 is 2.00 bits per heavy atom. The summed E-state index contributed by atoms with van der Waals surface area (Å²) in [7, 11) is 0. The van der Waals surface area contributed by atoms with E-state index in [1.54, 1.807) is 31.3 Å². The number of esters is 1. The molecule has 0 unspecified atom stereocenters. The number of benzene rings is 1. The zero-order valence-electron chi connectivity index (χ0n) is 11.2. The predicted octanol–water partition coefficient (Wildman–Crippen LogP) is 2.59. The van der Waals surface area contributed by atoms with E-state index in [4.69, 9.17) is 9.84 Å². The number of rotatable bonds is 3. The number of hydrogen-bond donors (Lipinski definition) is 2. The number of H-pyrrole nitrogens is 1. The van der Waals surface area contributed by atoms with Gasteiger partial charge in [0.2, 0.25) is 0 Å². The summed E-state index contributed by atoms with van der Waals surface area (Å²) in [5, 5.41) is 10.5. The Hall–Kier alpha value is -2.89. The second-order valence-corrected chi connectivity index (χ2v) is 4.53. The van der Waals surface area contributed by atoms with Crippen LogP contribution in [0.25, 0.3) is 21.8 Å². The summed E-state index contributed by atoms with van der Waals surface area (Å²) in [5.41, 5.74) is 1.92. The fourth-order valence-corrected chi connectivity index (χ4v) is 2.25. The molecule has 21 heavy (non-hydrogen) atoms. The number of carboxylic acids is 1. The van der Waals surface area contributed by atoms with Crippen LogP contribution >= 0.6 is 0 Å². The molecule has 0 saturated carbocycles. The zero-order chi connectivity index (χ0) is 15.0. The van der Waals surface area contributed by atoms with Gasteiger partial charge >= 0.3 is 11.9 Å². The topological polar surface area (TPSA) is 92.3 Å². The van der Waals surface area contributed by atoms with Crippen LogP contribution in [0.5, 0.6) is 0 Å². The molecule has 0 radical (unpaired) electrons. The van der Waals surface area contributed by atoms with Crippen LogP contribution in [0.3, 0.4) is 0 Å². The third kappa shape index (κ3) is 2.20. The fraction of sp³-hybridized carbons (Fsp3) is 0.133. The van der Waals surface area contributed by atoms with Crippen molar-refractivity contribution >= 4 is 33.7 Å². The van der Waals surface area contributed by atoms with E-state index in [1.807, 2.05) is 0 Å². The normalized spacial score (nSPS) is 10.9. The van der Waals surface area contributed by atoms with Gasteiger partial charge in [-0.05, 0) is 31.2 Å². The number of nitrogens with zero attached hydrogens (tertiary/aromatic N) is 1. The van der Waals surface area contributed by atoms with Crippen molar-refractivity contribution in [2.75, 3.05) is 6.61 Å². The number of aromatic amines is 1. The van der Waals surface area contributed by atoms with E-state index in [-0.39, 0.29) is 17.9 Å². The van der Waals surface area contributed by atoms with E-state index >= 15 is 0 Å². The molecule has 0 spiro atoms. The number of ether oxygens (including phenoxy) is 1. The molecule has 2 heterocycles. The molecule has 6 heteroatoms. The lowest BCUT2D eigenvalue weighted by Gasteiger charge is -2.00. The highest BCUT2D eigenvalue weighted by molar-refractivity contribution is 6.10. The Morgan fingerprint density at radius 3 is 2.71 bits per heavy atom. The standard InChI is InChI=1S/C15H12N2O4/c1-2-21-15(20)12-6-10-9-5-8(14(18)19)3-4-11(9)17-13(10)7-16-12/h3-7,17H,2H2,1H3,(H,18,19). The molecule has 3 aromatic rings. The summed E-state index contributed by atoms with van der Waals surface area (Å²) in [6, 6.07) is 6.41. The number of carboxylic acid groups (broad SMARTS) is 1. The van der Waals surface area contributed by atoms with Gasteiger partial charge in [-0.1, -0.05) is 0 Å². The second kappa shape index (κ2) is 4.90. The van der Waals surface area contributed by atoms with Crippen molar-refractivity contribution in [2.45, 2.75) is 6.92 Å². The highest BCUT2D eigenvalue weighted by Crippen LogP contribution is 2.26. The average molecular weight is 284 g/mol. The quantitative estimate of drug-likeness (QED) is 0.721. The highest BCUT2D eigenvalue weighted by atomic mass is 16.5. The summed E-state index contributed by atoms with van der Waals surface area (Å²) in [4.78, 5) is 30.0. The van der Waals surface area contributed by atoms with Crippen LogP contribution in [-0.2, 0) is 4.74 Å². The summed E-state index contributed by atoms with van der Waals surface area (Å²) >= 11 is 0. The largest absolute Gasteiger partial charge is 0.478 e. The molecule has 0 saturated heterocycles. The summed E-state index contributed by atoms with van der Waals surface area (Å²) in [6.45, 7) is 2.00. The molecule has 0 atom stereocenters. The van der Waals surface area contributed by atoms with Gasteiger partial charge in [0.1, 0.15) is 5.69 Å². The first-order chi connectivity index (χ1) is 10.1. The van der Waals surface area contributed by atoms with E-state index in [2.05, 4.69) is 9.97 Å². The van der Waals surface area contributed by atoms with Crippen molar-refractivity contribution in [3.05, 3.63) is 41.7 Å². The molecule has 0 aliphatic heterocycles. The minimum Gasteiger partial charge on any atom is -0.478 e. The van der Waals surface area contributed by atoms with Crippen LogP contribution in [0.2, 0.25) is 0 Å². The lowest BCUT2D eigenvalue weighted by molar-refractivity contribution is 0.0519. The van der Waals surface area contributed by atoms with Crippen molar-refractivity contribution < 1.29 is 19.4 Å². The second-order valence-electron chi connectivity index (χ2n) is 4.53. The summed E-state index contributed by atoms with van der Waals surface area (Å²) in [6.07, 6.45) is 1.54. The molecular formula is C15H12N2O4. The monoisotopic (exact) mass is 284 g/mol. The van der Waals surface area contributed by atoms with E-state index in [0.717, 1.165) is 21.8 Å². The van der Waals surface area contributed by atoms with E-state index in [1.165, 1.54) is 6.07 Å². The molecule has 2 aromatic heterocycles. The van der Waals surface area contributed by atoms with Crippen molar-refractivity contribution in [3.8, 4) is 0 Å². The van der Waals surface area contributed by atoms with Gasteiger partial charge < -0.3 is 14.8 Å². The Bertz CT molecular complexity index is 867. The first-order valence-corrected chi connectivity index (χ1v) is 6.42. The highest BCUT2D eigenvalue weighted by Gasteiger charge is 2.13. The molecular weight excluding hydrogens is 272 g/mol. The molecule has 6 nitrogen and oxygen atoms in total. The SMILES string of the molecule is CCOC(=O)c1cc2c(cn1)[nH]c1ccc(C(=O)O)cc12. The van der Waals surface area contributed by atoms with E-state index in [0.29, 0.717) is 0 Å². The van der Waals surface area contributed by atoms with Gasteiger partial charge in [-0.3, -0.25) is 0 Å². The Balaban J connectivity index is 2.22. The molecule has 0 aliphatic rings. The third-order valence-corrected chi connectivity index (χ3v) is 3.21. The van der Waals surface area contributed by atoms with Crippen LogP contribution < -0.4 is 0 Å². The number of pyridine rings is 1. The molecule has 0 fully saturated rings. The van der Waals surface area contributed by atoms with E-state index < -0.39 is 11.9 Å². The Morgan fingerprint density at radius 1 is 1.24 bits per heavy atom. The molecule has 1 aromatic carbocycles. The van der Waals surface area contributed by atoms with Crippen LogP contribution in [0.15, 0.2) is 30.5 Å². The first-order valence-electron chi connectivity index (χ1n) is 6.42. The van der Waals surface area contributed by atoms with Gasteiger partial charge in [-0.25, -0.2) is 14.6 Å². The number of fused-ring (bicyclic) bond motifs is 3. The molecule has 0 amide bonds. The van der Waals surface area contributed by atoms with Crippen LogP contribution in [-0.4, -0.2) is 33.6 Å². The number of carbonyl (C=O) groups is 2. The van der Waals surface area contributed by atoms with Gasteiger partial charge in [-0.15, -0.1) is 0 Å². The molecule has 106 valence electrons. The van der Waals surface area contributed by atoms with Crippen LogP contribution in [0.4, 0.5) is 0 Å². The molecule has 0 aliphatic carbocycles. The third-order valence-electron chi connectivity index (χ3n) is 3.21. The number of aromatic carboxylic acids is 1. The van der Waals surface area contributed by atoms with Gasteiger partial charge in [0, 0.05) is 16.3 Å². The maximum Gasteiger partial charge on any atom is 0.356 e. The van der Waals surface area contributed by atoms with Crippen molar-refractivity contribution in [1.29, 1.82) is 0 Å². The maximum atomic E-state index is 11.7. The smallest absolute Gasteiger partial charge is 0.356 e.